The molecule has 0 fully saturated rings. The molecule has 2 aromatic rings. The van der Waals surface area contributed by atoms with Crippen LogP contribution < -0.4 is 0 Å². The fraction of sp³-hybridized carbons (Fsp3) is 0.222. The van der Waals surface area contributed by atoms with Crippen molar-refractivity contribution in [1.82, 2.24) is 0 Å². The van der Waals surface area contributed by atoms with Crippen LogP contribution in [0.5, 0.6) is 0 Å². The van der Waals surface area contributed by atoms with Crippen molar-refractivity contribution in [2.75, 3.05) is 7.11 Å². The summed E-state index contributed by atoms with van der Waals surface area (Å²) in [5, 5.41) is 0. The number of ether oxygens (including phenoxy) is 2. The number of esters is 2. The summed E-state index contributed by atoms with van der Waals surface area (Å²) in [7, 11) is 1.27. The van der Waals surface area contributed by atoms with Crippen LogP contribution in [0.15, 0.2) is 60.7 Å². The van der Waals surface area contributed by atoms with Gasteiger partial charge in [-0.15, -0.1) is 0 Å². The standard InChI is InChI=1S/C18H18O4/c1-21-17(19)16(12-14-8-4-2-5-9-14)18(20)22-13-15-10-6-3-7-11-15/h2-11,16H,12-13H2,1H3/t16-/m1/s1. The van der Waals surface area contributed by atoms with Crippen molar-refractivity contribution in [2.45, 2.75) is 13.0 Å². The highest BCUT2D eigenvalue weighted by molar-refractivity contribution is 5.95. The maximum atomic E-state index is 12.2. The molecule has 0 saturated carbocycles. The molecule has 0 aromatic heterocycles. The highest BCUT2D eigenvalue weighted by Crippen LogP contribution is 2.13. The van der Waals surface area contributed by atoms with E-state index < -0.39 is 17.9 Å². The molecule has 22 heavy (non-hydrogen) atoms. The van der Waals surface area contributed by atoms with E-state index in [0.717, 1.165) is 11.1 Å². The Hall–Kier alpha value is -2.62. The van der Waals surface area contributed by atoms with Crippen molar-refractivity contribution in [3.63, 3.8) is 0 Å². The Bertz CT molecular complexity index is 607. The minimum absolute atomic E-state index is 0.141. The highest BCUT2D eigenvalue weighted by Gasteiger charge is 2.29. The lowest BCUT2D eigenvalue weighted by atomic mass is 9.99. The van der Waals surface area contributed by atoms with E-state index in [4.69, 9.17) is 9.47 Å². The molecule has 0 bridgehead atoms. The van der Waals surface area contributed by atoms with E-state index in [0.29, 0.717) is 0 Å². The summed E-state index contributed by atoms with van der Waals surface area (Å²) in [5.74, 6) is -2.10. The second-order valence-corrected chi connectivity index (χ2v) is 4.86. The first-order valence-electron chi connectivity index (χ1n) is 7.03. The molecule has 0 aliphatic heterocycles. The normalized spacial score (nSPS) is 11.5. The predicted molar refractivity (Wildman–Crippen MR) is 81.9 cm³/mol. The molecule has 0 radical (unpaired) electrons. The van der Waals surface area contributed by atoms with E-state index in [1.807, 2.05) is 60.7 Å². The Kier molecular flexibility index (Phi) is 5.72. The van der Waals surface area contributed by atoms with Crippen molar-refractivity contribution in [3.8, 4) is 0 Å². The van der Waals surface area contributed by atoms with Crippen LogP contribution in [0.4, 0.5) is 0 Å². The summed E-state index contributed by atoms with van der Waals surface area (Å²) in [6.45, 7) is 0.141. The number of carbonyl (C=O) groups is 2. The van der Waals surface area contributed by atoms with Gasteiger partial charge in [0.25, 0.3) is 0 Å². The van der Waals surface area contributed by atoms with Crippen molar-refractivity contribution in [2.24, 2.45) is 5.92 Å². The average Bonchev–Trinajstić information content (AvgIpc) is 2.58. The Morgan fingerprint density at radius 2 is 1.41 bits per heavy atom. The molecule has 2 rings (SSSR count). The summed E-state index contributed by atoms with van der Waals surface area (Å²) in [5.41, 5.74) is 1.76. The van der Waals surface area contributed by atoms with Crippen LogP contribution in [0.3, 0.4) is 0 Å². The third kappa shape index (κ3) is 4.45. The van der Waals surface area contributed by atoms with Crippen molar-refractivity contribution in [3.05, 3.63) is 71.8 Å². The van der Waals surface area contributed by atoms with E-state index in [1.54, 1.807) is 0 Å². The zero-order valence-electron chi connectivity index (χ0n) is 12.4. The van der Waals surface area contributed by atoms with Gasteiger partial charge in [-0.2, -0.15) is 0 Å². The number of rotatable bonds is 6. The molecule has 0 aliphatic rings. The highest BCUT2D eigenvalue weighted by atomic mass is 16.5. The largest absolute Gasteiger partial charge is 0.468 e. The summed E-state index contributed by atoms with van der Waals surface area (Å²) in [6.07, 6.45) is 0.265. The second kappa shape index (κ2) is 7.98. The second-order valence-electron chi connectivity index (χ2n) is 4.86. The molecule has 0 amide bonds. The van der Waals surface area contributed by atoms with Gasteiger partial charge in [0.2, 0.25) is 0 Å². The quantitative estimate of drug-likeness (QED) is 0.608. The average molecular weight is 298 g/mol. The van der Waals surface area contributed by atoms with E-state index in [2.05, 4.69) is 0 Å². The van der Waals surface area contributed by atoms with E-state index >= 15 is 0 Å². The van der Waals surface area contributed by atoms with Gasteiger partial charge in [0.1, 0.15) is 6.61 Å². The fourth-order valence-electron chi connectivity index (χ4n) is 2.08. The molecule has 0 N–H and O–H groups in total. The maximum Gasteiger partial charge on any atom is 0.321 e. The van der Waals surface area contributed by atoms with Crippen LogP contribution in [0, 0.1) is 5.92 Å². The smallest absolute Gasteiger partial charge is 0.321 e. The minimum atomic E-state index is -0.948. The minimum Gasteiger partial charge on any atom is -0.468 e. The summed E-state index contributed by atoms with van der Waals surface area (Å²) in [4.78, 5) is 24.0. The monoisotopic (exact) mass is 298 g/mol. The number of hydrogen-bond acceptors (Lipinski definition) is 4. The molecule has 0 spiro atoms. The first-order chi connectivity index (χ1) is 10.7. The summed E-state index contributed by atoms with van der Waals surface area (Å²) < 4.78 is 9.96. The van der Waals surface area contributed by atoms with Crippen molar-refractivity contribution < 1.29 is 19.1 Å². The third-order valence-electron chi connectivity index (χ3n) is 3.28. The van der Waals surface area contributed by atoms with E-state index in [-0.39, 0.29) is 13.0 Å². The Morgan fingerprint density at radius 1 is 0.864 bits per heavy atom. The van der Waals surface area contributed by atoms with Crippen LogP contribution in [-0.4, -0.2) is 19.0 Å². The van der Waals surface area contributed by atoms with Gasteiger partial charge >= 0.3 is 11.9 Å². The molecule has 1 atom stereocenters. The Labute approximate surface area is 129 Å². The first-order valence-corrected chi connectivity index (χ1v) is 7.03. The molecule has 0 aliphatic carbocycles. The zero-order valence-corrected chi connectivity index (χ0v) is 12.4. The first kappa shape index (κ1) is 15.8. The molecule has 4 heteroatoms. The van der Waals surface area contributed by atoms with Gasteiger partial charge in [-0.1, -0.05) is 60.7 Å². The number of hydrogen-bond donors (Lipinski definition) is 0. The lowest BCUT2D eigenvalue weighted by Crippen LogP contribution is -2.29. The van der Waals surface area contributed by atoms with E-state index in [9.17, 15) is 9.59 Å². The van der Waals surface area contributed by atoms with Gasteiger partial charge in [-0.25, -0.2) is 0 Å². The van der Waals surface area contributed by atoms with Crippen LogP contribution in [-0.2, 0) is 32.1 Å². The lowest BCUT2D eigenvalue weighted by Gasteiger charge is -2.14. The van der Waals surface area contributed by atoms with Crippen molar-refractivity contribution >= 4 is 11.9 Å². The number of methoxy groups -OCH3 is 1. The Morgan fingerprint density at radius 3 is 1.95 bits per heavy atom. The van der Waals surface area contributed by atoms with Gasteiger partial charge in [-0.3, -0.25) is 9.59 Å². The van der Waals surface area contributed by atoms with E-state index in [1.165, 1.54) is 7.11 Å². The molecule has 2 aromatic carbocycles. The third-order valence-corrected chi connectivity index (χ3v) is 3.28. The molecule has 4 nitrogen and oxygen atoms in total. The van der Waals surface area contributed by atoms with Crippen LogP contribution in [0.1, 0.15) is 11.1 Å². The number of carbonyl (C=O) groups excluding carboxylic acids is 2. The molecule has 114 valence electrons. The van der Waals surface area contributed by atoms with Gasteiger partial charge in [0.05, 0.1) is 7.11 Å². The lowest BCUT2D eigenvalue weighted by molar-refractivity contribution is -0.161. The van der Waals surface area contributed by atoms with Gasteiger partial charge in [-0.05, 0) is 17.5 Å². The van der Waals surface area contributed by atoms with Gasteiger partial charge < -0.3 is 9.47 Å². The van der Waals surface area contributed by atoms with Crippen LogP contribution in [0.2, 0.25) is 0 Å². The molecule has 0 heterocycles. The topological polar surface area (TPSA) is 52.6 Å². The SMILES string of the molecule is COC(=O)[C@@H](Cc1ccccc1)C(=O)OCc1ccccc1. The Balaban J connectivity index is 2.02. The molecular formula is C18H18O4. The predicted octanol–water partition coefficient (Wildman–Crippen LogP) is 2.76. The van der Waals surface area contributed by atoms with Gasteiger partial charge in [0.15, 0.2) is 5.92 Å². The molecular weight excluding hydrogens is 280 g/mol. The fourth-order valence-corrected chi connectivity index (χ4v) is 2.08. The summed E-state index contributed by atoms with van der Waals surface area (Å²) >= 11 is 0. The van der Waals surface area contributed by atoms with Crippen LogP contribution in [0.25, 0.3) is 0 Å². The zero-order chi connectivity index (χ0) is 15.8. The molecule has 0 saturated heterocycles. The molecule has 0 unspecified atom stereocenters. The maximum absolute atomic E-state index is 12.2. The number of benzene rings is 2. The van der Waals surface area contributed by atoms with Crippen molar-refractivity contribution in [1.29, 1.82) is 0 Å². The van der Waals surface area contributed by atoms with Gasteiger partial charge in [0, 0.05) is 0 Å². The summed E-state index contributed by atoms with van der Waals surface area (Å²) in [6, 6.07) is 18.7. The van der Waals surface area contributed by atoms with Crippen LogP contribution >= 0.6 is 0 Å².